The molecule has 1 aromatic heterocycles. The zero-order valence-electron chi connectivity index (χ0n) is 16.2. The molecule has 2 rings (SSSR count). The van der Waals surface area contributed by atoms with Crippen LogP contribution in [0.25, 0.3) is 0 Å². The molecule has 2 aromatic rings. The minimum Gasteiger partial charge on any atom is -0.368 e. The predicted molar refractivity (Wildman–Crippen MR) is 109 cm³/mol. The molecule has 0 fully saturated rings. The van der Waals surface area contributed by atoms with Crippen molar-refractivity contribution in [1.29, 1.82) is 5.26 Å². The van der Waals surface area contributed by atoms with Gasteiger partial charge in [0.05, 0.1) is 11.6 Å². The van der Waals surface area contributed by atoms with E-state index in [-0.39, 0.29) is 35.1 Å². The van der Waals surface area contributed by atoms with Crippen molar-refractivity contribution in [1.82, 2.24) is 9.97 Å². The van der Waals surface area contributed by atoms with Gasteiger partial charge in [0.2, 0.25) is 5.95 Å². The lowest BCUT2D eigenvalue weighted by Gasteiger charge is -2.20. The number of nitrogens with one attached hydrogen (secondary N) is 1. The number of nitrogens with zero attached hydrogens (tertiary/aromatic N) is 3. The van der Waals surface area contributed by atoms with Crippen molar-refractivity contribution in [3.63, 3.8) is 0 Å². The second-order valence-electron chi connectivity index (χ2n) is 6.40. The third-order valence-electron chi connectivity index (χ3n) is 4.23. The maximum atomic E-state index is 12.9. The number of ketones is 1. The number of carbonyl (C=O) groups excluding carboxylic acids is 1. The molecule has 0 saturated heterocycles. The summed E-state index contributed by atoms with van der Waals surface area (Å²) in [5.74, 6) is -0.313. The quantitative estimate of drug-likeness (QED) is 0.402. The Labute approximate surface area is 176 Å². The van der Waals surface area contributed by atoms with Crippen LogP contribution in [-0.2, 0) is 17.4 Å². The summed E-state index contributed by atoms with van der Waals surface area (Å²) in [6, 6.07) is 5.81. The second kappa shape index (κ2) is 10.3. The molecule has 1 atom stereocenters. The molecule has 5 N–H and O–H groups in total. The molecular formula is C19H21F3N6OS. The van der Waals surface area contributed by atoms with Crippen LogP contribution in [-0.4, -0.2) is 34.6 Å². The van der Waals surface area contributed by atoms with Gasteiger partial charge in [0.25, 0.3) is 0 Å². The Kier molecular flexibility index (Phi) is 8.02. The van der Waals surface area contributed by atoms with Crippen LogP contribution in [0.2, 0.25) is 0 Å². The Morgan fingerprint density at radius 3 is 2.70 bits per heavy atom. The average molecular weight is 438 g/mol. The number of halogens is 3. The van der Waals surface area contributed by atoms with Crippen LogP contribution in [0.5, 0.6) is 0 Å². The molecule has 160 valence electrons. The molecule has 0 radical (unpaired) electrons. The van der Waals surface area contributed by atoms with Gasteiger partial charge in [0.1, 0.15) is 16.7 Å². The standard InChI is InChI=1S/C19H21F3N6OS/c1-30-17-13(10-24)16(27-18(25)28-17)26-14(6-3-7-23)15(29)9-11-4-2-5-12(8-11)19(20,21)22/h2,4-5,8,14H,3,6-7,9,23H2,1H3,(H3,25,26,27,28)/t14-/m0/s1. The van der Waals surface area contributed by atoms with Crippen LogP contribution >= 0.6 is 11.8 Å². The van der Waals surface area contributed by atoms with Crippen LogP contribution < -0.4 is 16.8 Å². The zero-order chi connectivity index (χ0) is 22.3. The number of nitriles is 1. The molecule has 0 spiro atoms. The SMILES string of the molecule is CSc1nc(N)nc(N[C@@H](CCCN)C(=O)Cc2cccc(C(F)(F)F)c2)c1C#N. The van der Waals surface area contributed by atoms with E-state index in [1.165, 1.54) is 23.9 Å². The minimum atomic E-state index is -4.50. The molecule has 1 heterocycles. The highest BCUT2D eigenvalue weighted by Gasteiger charge is 2.31. The van der Waals surface area contributed by atoms with Gasteiger partial charge in [-0.2, -0.15) is 23.4 Å². The average Bonchev–Trinajstić information content (AvgIpc) is 2.70. The van der Waals surface area contributed by atoms with Crippen LogP contribution in [0, 0.1) is 11.3 Å². The van der Waals surface area contributed by atoms with Crippen molar-refractivity contribution in [3.05, 3.63) is 41.0 Å². The first-order chi connectivity index (χ1) is 14.2. The lowest BCUT2D eigenvalue weighted by Crippen LogP contribution is -2.32. The number of nitrogens with two attached hydrogens (primary N) is 2. The fourth-order valence-electron chi connectivity index (χ4n) is 2.79. The summed E-state index contributed by atoms with van der Waals surface area (Å²) in [4.78, 5) is 20.9. The van der Waals surface area contributed by atoms with Crippen molar-refractivity contribution in [2.24, 2.45) is 5.73 Å². The third-order valence-corrected chi connectivity index (χ3v) is 4.91. The first kappa shape index (κ1) is 23.4. The van der Waals surface area contributed by atoms with Gasteiger partial charge >= 0.3 is 6.18 Å². The molecule has 0 aliphatic heterocycles. The van der Waals surface area contributed by atoms with Gasteiger partial charge in [-0.3, -0.25) is 4.79 Å². The number of Topliss-reactive ketones (excluding diaryl/α,β-unsaturated/α-hetero) is 1. The van der Waals surface area contributed by atoms with E-state index >= 15 is 0 Å². The fraction of sp³-hybridized carbons (Fsp3) is 0.368. The van der Waals surface area contributed by atoms with E-state index in [1.54, 1.807) is 6.26 Å². The summed E-state index contributed by atoms with van der Waals surface area (Å²) in [5.41, 5.74) is 10.8. The van der Waals surface area contributed by atoms with Gasteiger partial charge in [0.15, 0.2) is 11.6 Å². The summed E-state index contributed by atoms with van der Waals surface area (Å²) in [7, 11) is 0. The molecule has 0 aliphatic rings. The molecule has 7 nitrogen and oxygen atoms in total. The first-order valence-electron chi connectivity index (χ1n) is 8.96. The van der Waals surface area contributed by atoms with Gasteiger partial charge in [-0.05, 0) is 37.3 Å². The van der Waals surface area contributed by atoms with E-state index in [9.17, 15) is 23.2 Å². The Bertz CT molecular complexity index is 945. The zero-order valence-corrected chi connectivity index (χ0v) is 17.0. The summed E-state index contributed by atoms with van der Waals surface area (Å²) in [5, 5.41) is 12.7. The number of carbonyl (C=O) groups is 1. The lowest BCUT2D eigenvalue weighted by molar-refractivity contribution is -0.137. The van der Waals surface area contributed by atoms with E-state index in [2.05, 4.69) is 15.3 Å². The molecule has 1 aromatic carbocycles. The molecular weight excluding hydrogens is 417 g/mol. The topological polar surface area (TPSA) is 131 Å². The van der Waals surface area contributed by atoms with Crippen molar-refractivity contribution in [2.75, 3.05) is 23.9 Å². The third kappa shape index (κ3) is 6.08. The van der Waals surface area contributed by atoms with Crippen LogP contribution in [0.4, 0.5) is 24.9 Å². The fourth-order valence-corrected chi connectivity index (χ4v) is 3.32. The van der Waals surface area contributed by atoms with Crippen molar-refractivity contribution in [2.45, 2.75) is 36.5 Å². The number of anilines is 2. The summed E-state index contributed by atoms with van der Waals surface area (Å²) >= 11 is 1.20. The normalized spacial score (nSPS) is 12.3. The van der Waals surface area contributed by atoms with Crippen molar-refractivity contribution >= 4 is 29.3 Å². The molecule has 11 heteroatoms. The first-order valence-corrected chi connectivity index (χ1v) is 10.2. The van der Waals surface area contributed by atoms with E-state index in [1.807, 2.05) is 6.07 Å². The number of nitrogen functional groups attached to an aromatic ring is 1. The maximum Gasteiger partial charge on any atom is 0.416 e. The number of thioether (sulfide) groups is 1. The Morgan fingerprint density at radius 2 is 2.10 bits per heavy atom. The Morgan fingerprint density at radius 1 is 1.37 bits per heavy atom. The highest BCUT2D eigenvalue weighted by molar-refractivity contribution is 7.98. The molecule has 0 aliphatic carbocycles. The number of benzene rings is 1. The van der Waals surface area contributed by atoms with Crippen molar-refractivity contribution in [3.8, 4) is 6.07 Å². The van der Waals surface area contributed by atoms with Gasteiger partial charge in [-0.25, -0.2) is 4.98 Å². The molecule has 0 bridgehead atoms. The van der Waals surface area contributed by atoms with Crippen molar-refractivity contribution < 1.29 is 18.0 Å². The molecule has 30 heavy (non-hydrogen) atoms. The minimum absolute atomic E-state index is 0.0660. The van der Waals surface area contributed by atoms with Crippen LogP contribution in [0.15, 0.2) is 29.3 Å². The monoisotopic (exact) mass is 438 g/mol. The summed E-state index contributed by atoms with van der Waals surface area (Å²) < 4.78 is 38.8. The number of rotatable bonds is 9. The van der Waals surface area contributed by atoms with E-state index in [0.717, 1.165) is 12.1 Å². The predicted octanol–water partition coefficient (Wildman–Crippen LogP) is 3.00. The molecule has 0 unspecified atom stereocenters. The van der Waals surface area contributed by atoms with Gasteiger partial charge in [-0.15, -0.1) is 11.8 Å². The Hall–Kier alpha value is -2.84. The van der Waals surface area contributed by atoms with E-state index in [4.69, 9.17) is 11.5 Å². The smallest absolute Gasteiger partial charge is 0.368 e. The van der Waals surface area contributed by atoms with E-state index < -0.39 is 17.8 Å². The highest BCUT2D eigenvalue weighted by atomic mass is 32.2. The van der Waals surface area contributed by atoms with Gasteiger partial charge in [-0.1, -0.05) is 18.2 Å². The van der Waals surface area contributed by atoms with Gasteiger partial charge in [0, 0.05) is 6.42 Å². The van der Waals surface area contributed by atoms with Crippen LogP contribution in [0.1, 0.15) is 29.5 Å². The molecule has 0 saturated carbocycles. The summed E-state index contributed by atoms with van der Waals surface area (Å²) in [6.07, 6.45) is -2.19. The highest BCUT2D eigenvalue weighted by Crippen LogP contribution is 2.30. The summed E-state index contributed by atoms with van der Waals surface area (Å²) in [6.45, 7) is 0.322. The number of alkyl halides is 3. The second-order valence-corrected chi connectivity index (χ2v) is 7.19. The number of hydrogen-bond acceptors (Lipinski definition) is 8. The molecule has 0 amide bonds. The Balaban J connectivity index is 2.30. The lowest BCUT2D eigenvalue weighted by atomic mass is 9.98. The number of hydrogen-bond donors (Lipinski definition) is 3. The number of aromatic nitrogens is 2. The van der Waals surface area contributed by atoms with Crippen LogP contribution in [0.3, 0.4) is 0 Å². The van der Waals surface area contributed by atoms with E-state index in [0.29, 0.717) is 24.4 Å². The van der Waals surface area contributed by atoms with Gasteiger partial charge < -0.3 is 16.8 Å². The largest absolute Gasteiger partial charge is 0.416 e. The maximum absolute atomic E-state index is 12.9.